The number of aliphatic hydroxyl groups is 1. The van der Waals surface area contributed by atoms with E-state index in [9.17, 15) is 5.11 Å². The van der Waals surface area contributed by atoms with E-state index in [1.54, 1.807) is 0 Å². The van der Waals surface area contributed by atoms with Crippen LogP contribution >= 0.6 is 0 Å². The first kappa shape index (κ1) is 14.0. The Hall–Kier alpha value is -1.95. The number of likely N-dealkylation sites (N-methyl/N-ethyl adjacent to an activating group) is 1. The number of anilines is 1. The van der Waals surface area contributed by atoms with Crippen molar-refractivity contribution in [3.8, 4) is 5.88 Å². The average Bonchev–Trinajstić information content (AvgIpc) is 2.58. The van der Waals surface area contributed by atoms with E-state index in [1.807, 2.05) is 38.8 Å². The molecule has 0 amide bonds. The van der Waals surface area contributed by atoms with Crippen molar-refractivity contribution in [2.24, 2.45) is 0 Å². The molecule has 0 aliphatic carbocycles. The van der Waals surface area contributed by atoms with Crippen molar-refractivity contribution in [3.63, 3.8) is 0 Å². The first-order valence-corrected chi connectivity index (χ1v) is 7.14. The maximum absolute atomic E-state index is 9.78. The second kappa shape index (κ2) is 4.80. The van der Waals surface area contributed by atoms with Crippen LogP contribution in [-0.2, 0) is 6.42 Å². The molecule has 3 rings (SSSR count). The summed E-state index contributed by atoms with van der Waals surface area (Å²) < 4.78 is 5.86. The Labute approximate surface area is 123 Å². The third kappa shape index (κ3) is 2.10. The number of hydrogen-bond donors (Lipinski definition) is 1. The monoisotopic (exact) mass is 288 g/mol. The molecule has 1 N–H and O–H groups in total. The van der Waals surface area contributed by atoms with Gasteiger partial charge in [-0.1, -0.05) is 6.92 Å². The van der Waals surface area contributed by atoms with Gasteiger partial charge in [0.25, 0.3) is 0 Å². The average molecular weight is 288 g/mol. The molecule has 0 fully saturated rings. The van der Waals surface area contributed by atoms with Crippen molar-refractivity contribution in [1.82, 2.24) is 15.0 Å². The van der Waals surface area contributed by atoms with Gasteiger partial charge in [0.2, 0.25) is 5.88 Å². The summed E-state index contributed by atoms with van der Waals surface area (Å²) in [4.78, 5) is 15.7. The predicted octanol–water partition coefficient (Wildman–Crippen LogP) is 1.48. The third-order valence-corrected chi connectivity index (χ3v) is 4.11. The summed E-state index contributed by atoms with van der Waals surface area (Å²) in [5.41, 5.74) is 1.16. The first-order valence-electron chi connectivity index (χ1n) is 7.14. The smallest absolute Gasteiger partial charge is 0.227 e. The van der Waals surface area contributed by atoms with Gasteiger partial charge in [-0.3, -0.25) is 0 Å². The largest absolute Gasteiger partial charge is 0.474 e. The molecule has 0 bridgehead atoms. The molecule has 1 aliphatic rings. The van der Waals surface area contributed by atoms with Crippen LogP contribution in [0, 0.1) is 6.92 Å². The Morgan fingerprint density at radius 2 is 2.14 bits per heavy atom. The summed E-state index contributed by atoms with van der Waals surface area (Å²) in [6.07, 6.45) is 0.754. The van der Waals surface area contributed by atoms with E-state index in [-0.39, 0.29) is 6.61 Å². The SMILES string of the molecule is CCc1nc2c3c(nc(C)cc3n1)OC[C@](C)(CO)N2C. The van der Waals surface area contributed by atoms with E-state index in [1.165, 1.54) is 0 Å². The van der Waals surface area contributed by atoms with Crippen LogP contribution in [0.2, 0.25) is 0 Å². The molecule has 1 atom stereocenters. The Morgan fingerprint density at radius 3 is 2.81 bits per heavy atom. The highest BCUT2D eigenvalue weighted by Gasteiger charge is 2.36. The fourth-order valence-electron chi connectivity index (χ4n) is 2.50. The lowest BCUT2D eigenvalue weighted by molar-refractivity contribution is 0.142. The van der Waals surface area contributed by atoms with E-state index in [0.717, 1.165) is 34.7 Å². The molecule has 2 aromatic rings. The predicted molar refractivity (Wildman–Crippen MR) is 80.8 cm³/mol. The maximum atomic E-state index is 9.78. The molecule has 0 unspecified atom stereocenters. The van der Waals surface area contributed by atoms with Crippen molar-refractivity contribution in [1.29, 1.82) is 0 Å². The molecule has 3 heterocycles. The molecule has 21 heavy (non-hydrogen) atoms. The molecular weight excluding hydrogens is 268 g/mol. The minimum Gasteiger partial charge on any atom is -0.474 e. The zero-order valence-corrected chi connectivity index (χ0v) is 12.8. The highest BCUT2D eigenvalue weighted by Crippen LogP contribution is 2.37. The van der Waals surface area contributed by atoms with Gasteiger partial charge in [-0.15, -0.1) is 0 Å². The van der Waals surface area contributed by atoms with Crippen molar-refractivity contribution in [2.45, 2.75) is 32.7 Å². The van der Waals surface area contributed by atoms with Crippen LogP contribution in [-0.4, -0.2) is 45.9 Å². The number of aliphatic hydroxyl groups excluding tert-OH is 1. The minimum absolute atomic E-state index is 0.0244. The van der Waals surface area contributed by atoms with E-state index >= 15 is 0 Å². The number of nitrogens with zero attached hydrogens (tertiary/aromatic N) is 4. The van der Waals surface area contributed by atoms with Crippen LogP contribution in [0.4, 0.5) is 5.82 Å². The molecular formula is C15H20N4O2. The summed E-state index contributed by atoms with van der Waals surface area (Å²) >= 11 is 0. The number of hydrogen-bond acceptors (Lipinski definition) is 6. The molecule has 0 spiro atoms. The van der Waals surface area contributed by atoms with Crippen LogP contribution in [0.5, 0.6) is 5.88 Å². The topological polar surface area (TPSA) is 71.4 Å². The number of pyridine rings is 1. The fraction of sp³-hybridized carbons (Fsp3) is 0.533. The molecule has 0 radical (unpaired) electrons. The van der Waals surface area contributed by atoms with Gasteiger partial charge < -0.3 is 14.7 Å². The highest BCUT2D eigenvalue weighted by molar-refractivity contribution is 5.94. The molecule has 0 aromatic carbocycles. The highest BCUT2D eigenvalue weighted by atomic mass is 16.5. The molecule has 6 heteroatoms. The zero-order valence-electron chi connectivity index (χ0n) is 12.8. The standard InChI is InChI=1S/C15H20N4O2/c1-5-11-17-10-6-9(2)16-14-12(10)13(18-11)19(4)15(3,7-20)8-21-14/h6,20H,5,7-8H2,1-4H3/t15-/m0/s1. The van der Waals surface area contributed by atoms with Crippen LogP contribution < -0.4 is 9.64 Å². The number of rotatable bonds is 2. The lowest BCUT2D eigenvalue weighted by atomic mass is 10.0. The lowest BCUT2D eigenvalue weighted by Crippen LogP contribution is -2.51. The number of ether oxygens (including phenoxy) is 1. The summed E-state index contributed by atoms with van der Waals surface area (Å²) in [6.45, 7) is 6.23. The summed E-state index contributed by atoms with van der Waals surface area (Å²) in [5, 5.41) is 10.6. The molecule has 112 valence electrons. The number of aryl methyl sites for hydroxylation is 2. The third-order valence-electron chi connectivity index (χ3n) is 4.11. The Morgan fingerprint density at radius 1 is 1.38 bits per heavy atom. The Balaban J connectivity index is 2.35. The summed E-state index contributed by atoms with van der Waals surface area (Å²) in [6, 6.07) is 1.95. The fourth-order valence-corrected chi connectivity index (χ4v) is 2.50. The Kier molecular flexibility index (Phi) is 3.20. The van der Waals surface area contributed by atoms with Crippen molar-refractivity contribution in [2.75, 3.05) is 25.2 Å². The van der Waals surface area contributed by atoms with Crippen molar-refractivity contribution in [3.05, 3.63) is 17.6 Å². The molecule has 2 aromatic heterocycles. The molecule has 0 saturated carbocycles. The Bertz CT molecular complexity index is 704. The van der Waals surface area contributed by atoms with E-state index in [4.69, 9.17) is 4.74 Å². The van der Waals surface area contributed by atoms with Gasteiger partial charge >= 0.3 is 0 Å². The van der Waals surface area contributed by atoms with Crippen LogP contribution in [0.1, 0.15) is 25.4 Å². The van der Waals surface area contributed by atoms with Crippen molar-refractivity contribution < 1.29 is 9.84 Å². The second-order valence-corrected chi connectivity index (χ2v) is 5.78. The van der Waals surface area contributed by atoms with Crippen molar-refractivity contribution >= 4 is 16.7 Å². The normalized spacial score (nSPS) is 21.3. The van der Waals surface area contributed by atoms with Crippen LogP contribution in [0.15, 0.2) is 6.07 Å². The lowest BCUT2D eigenvalue weighted by Gasteiger charge is -2.36. The van der Waals surface area contributed by atoms with Crippen LogP contribution in [0.25, 0.3) is 10.9 Å². The zero-order chi connectivity index (χ0) is 15.2. The van der Waals surface area contributed by atoms with Crippen LogP contribution in [0.3, 0.4) is 0 Å². The summed E-state index contributed by atoms with van der Waals surface area (Å²) in [5.74, 6) is 2.10. The minimum atomic E-state index is -0.541. The van der Waals surface area contributed by atoms with Gasteiger partial charge in [-0.2, -0.15) is 0 Å². The van der Waals surface area contributed by atoms with Gasteiger partial charge in [0.05, 0.1) is 17.7 Å². The van der Waals surface area contributed by atoms with E-state index in [0.29, 0.717) is 12.5 Å². The van der Waals surface area contributed by atoms with Gasteiger partial charge in [-0.25, -0.2) is 15.0 Å². The van der Waals surface area contributed by atoms with E-state index < -0.39 is 5.54 Å². The maximum Gasteiger partial charge on any atom is 0.227 e. The summed E-state index contributed by atoms with van der Waals surface area (Å²) in [7, 11) is 1.93. The molecule has 6 nitrogen and oxygen atoms in total. The van der Waals surface area contributed by atoms with Gasteiger partial charge in [-0.05, 0) is 19.9 Å². The van der Waals surface area contributed by atoms with E-state index in [2.05, 4.69) is 15.0 Å². The second-order valence-electron chi connectivity index (χ2n) is 5.78. The van der Waals surface area contributed by atoms with Gasteiger partial charge in [0, 0.05) is 19.2 Å². The molecule has 0 saturated heterocycles. The quantitative estimate of drug-likeness (QED) is 0.902. The van der Waals surface area contributed by atoms with Gasteiger partial charge in [0.1, 0.15) is 23.6 Å². The molecule has 1 aliphatic heterocycles. The number of aromatic nitrogens is 3. The van der Waals surface area contributed by atoms with Gasteiger partial charge in [0.15, 0.2) is 0 Å². The first-order chi connectivity index (χ1) is 9.98.